The van der Waals surface area contributed by atoms with Crippen molar-refractivity contribution < 1.29 is 13.2 Å². The number of alkyl halides is 2. The number of halogens is 3. The average Bonchev–Trinajstić information content (AvgIpc) is 2.08. The van der Waals surface area contributed by atoms with Gasteiger partial charge < -0.3 is 4.98 Å². The highest BCUT2D eigenvalue weighted by Crippen LogP contribution is 2.20. The molecule has 0 aliphatic rings. The molecule has 1 aromatic heterocycles. The fourth-order valence-corrected chi connectivity index (χ4v) is 0.784. The van der Waals surface area contributed by atoms with Crippen LogP contribution >= 0.6 is 0 Å². The van der Waals surface area contributed by atoms with Crippen LogP contribution < -0.4 is 5.56 Å². The maximum atomic E-state index is 12.5. The number of rotatable bonds is 1. The van der Waals surface area contributed by atoms with E-state index in [2.05, 4.69) is 0 Å². The van der Waals surface area contributed by atoms with E-state index in [1.807, 2.05) is 0 Å². The molecule has 0 aliphatic carbocycles. The number of aromatic amines is 1. The van der Waals surface area contributed by atoms with E-state index in [0.717, 1.165) is 0 Å². The number of aromatic nitrogens is 1. The third kappa shape index (κ3) is 1.69. The van der Waals surface area contributed by atoms with Crippen molar-refractivity contribution in [1.82, 2.24) is 4.98 Å². The topological polar surface area (TPSA) is 56.6 Å². The fourth-order valence-electron chi connectivity index (χ4n) is 0.784. The van der Waals surface area contributed by atoms with Crippen molar-refractivity contribution in [1.29, 1.82) is 5.26 Å². The Morgan fingerprint density at radius 3 is 2.62 bits per heavy atom. The molecule has 1 heterocycles. The van der Waals surface area contributed by atoms with Crippen molar-refractivity contribution in [2.24, 2.45) is 0 Å². The van der Waals surface area contributed by atoms with E-state index in [0.29, 0.717) is 6.07 Å². The molecule has 0 fully saturated rings. The smallest absolute Gasteiger partial charge is 0.284 e. The summed E-state index contributed by atoms with van der Waals surface area (Å²) < 4.78 is 36.6. The molecule has 0 aliphatic heterocycles. The predicted octanol–water partition coefficient (Wildman–Crippen LogP) is 1.32. The van der Waals surface area contributed by atoms with E-state index in [1.165, 1.54) is 6.07 Å². The van der Waals surface area contributed by atoms with Gasteiger partial charge in [-0.25, -0.2) is 13.2 Å². The second-order valence-electron chi connectivity index (χ2n) is 2.19. The molecule has 0 saturated carbocycles. The summed E-state index contributed by atoms with van der Waals surface area (Å²) in [4.78, 5) is 12.3. The Labute approximate surface area is 70.4 Å². The van der Waals surface area contributed by atoms with Crippen molar-refractivity contribution in [3.05, 3.63) is 33.5 Å². The quantitative estimate of drug-likeness (QED) is 0.722. The third-order valence-electron chi connectivity index (χ3n) is 1.37. The maximum Gasteiger partial charge on any atom is 0.284 e. The van der Waals surface area contributed by atoms with Gasteiger partial charge in [-0.15, -0.1) is 0 Å². The van der Waals surface area contributed by atoms with Crippen molar-refractivity contribution in [3.63, 3.8) is 0 Å². The Morgan fingerprint density at radius 2 is 2.15 bits per heavy atom. The molecular weight excluding hydrogens is 185 g/mol. The van der Waals surface area contributed by atoms with Gasteiger partial charge in [0.25, 0.3) is 12.0 Å². The van der Waals surface area contributed by atoms with Gasteiger partial charge in [0.15, 0.2) is 5.82 Å². The van der Waals surface area contributed by atoms with Crippen LogP contribution in [0.5, 0.6) is 0 Å². The summed E-state index contributed by atoms with van der Waals surface area (Å²) in [6, 6.07) is 1.71. The predicted molar refractivity (Wildman–Crippen MR) is 36.7 cm³/mol. The van der Waals surface area contributed by atoms with Gasteiger partial charge in [0.2, 0.25) is 0 Å². The minimum Gasteiger partial charge on any atom is -0.311 e. The van der Waals surface area contributed by atoms with Gasteiger partial charge in [-0.2, -0.15) is 5.26 Å². The highest BCUT2D eigenvalue weighted by atomic mass is 19.3. The summed E-state index contributed by atoms with van der Waals surface area (Å²) in [6.45, 7) is 0. The molecule has 0 spiro atoms. The molecule has 0 amide bonds. The standard InChI is InChI=1S/C7H3F3N2O/c8-4-1-3(6(9)10)5(2-11)12-7(4)13/h1,6H,(H,12,13). The van der Waals surface area contributed by atoms with Gasteiger partial charge in [-0.3, -0.25) is 4.79 Å². The number of pyridine rings is 1. The van der Waals surface area contributed by atoms with Crippen LogP contribution in [-0.2, 0) is 0 Å². The molecule has 6 heteroatoms. The minimum atomic E-state index is -2.99. The molecular formula is C7H3F3N2O. The van der Waals surface area contributed by atoms with E-state index in [9.17, 15) is 18.0 Å². The van der Waals surface area contributed by atoms with Gasteiger partial charge in [0.1, 0.15) is 11.8 Å². The molecule has 3 nitrogen and oxygen atoms in total. The highest BCUT2D eigenvalue weighted by molar-refractivity contribution is 5.31. The molecule has 0 atom stereocenters. The Kier molecular flexibility index (Phi) is 2.37. The summed E-state index contributed by atoms with van der Waals surface area (Å²) >= 11 is 0. The van der Waals surface area contributed by atoms with Crippen LogP contribution in [0.2, 0.25) is 0 Å². The highest BCUT2D eigenvalue weighted by Gasteiger charge is 2.16. The van der Waals surface area contributed by atoms with Gasteiger partial charge in [0, 0.05) is 0 Å². The summed E-state index contributed by atoms with van der Waals surface area (Å²) in [7, 11) is 0. The summed E-state index contributed by atoms with van der Waals surface area (Å²) in [6.07, 6.45) is -2.99. The van der Waals surface area contributed by atoms with E-state index in [1.54, 1.807) is 4.98 Å². The SMILES string of the molecule is N#Cc1[nH]c(=O)c(F)cc1C(F)F. The zero-order chi connectivity index (χ0) is 10.0. The zero-order valence-corrected chi connectivity index (χ0v) is 6.14. The normalized spacial score (nSPS) is 10.1. The second kappa shape index (κ2) is 3.31. The molecule has 0 aromatic carbocycles. The number of nitriles is 1. The van der Waals surface area contributed by atoms with Crippen molar-refractivity contribution in [2.45, 2.75) is 6.43 Å². The number of H-pyrrole nitrogens is 1. The Hall–Kier alpha value is -1.77. The Balaban J connectivity index is 3.44. The molecule has 0 bridgehead atoms. The third-order valence-corrected chi connectivity index (χ3v) is 1.37. The van der Waals surface area contributed by atoms with Crippen molar-refractivity contribution >= 4 is 0 Å². The van der Waals surface area contributed by atoms with Crippen LogP contribution in [0.1, 0.15) is 17.7 Å². The molecule has 68 valence electrons. The van der Waals surface area contributed by atoms with E-state index >= 15 is 0 Å². The molecule has 0 unspecified atom stereocenters. The van der Waals surface area contributed by atoms with Crippen LogP contribution in [0.4, 0.5) is 13.2 Å². The fraction of sp³-hybridized carbons (Fsp3) is 0.143. The number of nitrogens with one attached hydrogen (secondary N) is 1. The molecule has 1 aromatic rings. The van der Waals surface area contributed by atoms with Crippen molar-refractivity contribution in [3.8, 4) is 6.07 Å². The lowest BCUT2D eigenvalue weighted by Crippen LogP contribution is -2.14. The molecule has 0 saturated heterocycles. The van der Waals surface area contributed by atoms with Gasteiger partial charge in [-0.05, 0) is 6.07 Å². The number of hydrogen-bond donors (Lipinski definition) is 1. The summed E-state index contributed by atoms with van der Waals surface area (Å²) in [5.41, 5.74) is -2.60. The largest absolute Gasteiger partial charge is 0.311 e. The minimum absolute atomic E-state index is 0.363. The van der Waals surface area contributed by atoms with Gasteiger partial charge in [-0.1, -0.05) is 0 Å². The molecule has 1 rings (SSSR count). The average molecular weight is 188 g/mol. The monoisotopic (exact) mass is 188 g/mol. The molecule has 1 N–H and O–H groups in total. The van der Waals surface area contributed by atoms with Gasteiger partial charge >= 0.3 is 0 Å². The molecule has 0 radical (unpaired) electrons. The first-order valence-corrected chi connectivity index (χ1v) is 3.17. The van der Waals surface area contributed by atoms with Gasteiger partial charge in [0.05, 0.1) is 5.56 Å². The first-order chi connectivity index (χ1) is 6.06. The molecule has 13 heavy (non-hydrogen) atoms. The van der Waals surface area contributed by atoms with Crippen LogP contribution in [0.15, 0.2) is 10.9 Å². The first-order valence-electron chi connectivity index (χ1n) is 3.17. The Bertz CT molecular complexity index is 419. The lowest BCUT2D eigenvalue weighted by Gasteiger charge is -2.00. The maximum absolute atomic E-state index is 12.5. The van der Waals surface area contributed by atoms with Crippen molar-refractivity contribution in [2.75, 3.05) is 0 Å². The van der Waals surface area contributed by atoms with Crippen LogP contribution in [0, 0.1) is 17.1 Å². The lowest BCUT2D eigenvalue weighted by atomic mass is 10.2. The Morgan fingerprint density at radius 1 is 1.54 bits per heavy atom. The van der Waals surface area contributed by atoms with Crippen LogP contribution in [0.25, 0.3) is 0 Å². The number of hydrogen-bond acceptors (Lipinski definition) is 2. The summed E-state index contributed by atoms with van der Waals surface area (Å²) in [5.74, 6) is -1.32. The zero-order valence-electron chi connectivity index (χ0n) is 6.14. The van der Waals surface area contributed by atoms with E-state index < -0.39 is 29.1 Å². The van der Waals surface area contributed by atoms with E-state index in [4.69, 9.17) is 5.26 Å². The number of nitrogens with zero attached hydrogens (tertiary/aromatic N) is 1. The summed E-state index contributed by atoms with van der Waals surface area (Å²) in [5, 5.41) is 8.31. The van der Waals surface area contributed by atoms with Crippen LogP contribution in [0.3, 0.4) is 0 Å². The first kappa shape index (κ1) is 9.32. The van der Waals surface area contributed by atoms with Crippen LogP contribution in [-0.4, -0.2) is 4.98 Å². The second-order valence-corrected chi connectivity index (χ2v) is 2.19. The van der Waals surface area contributed by atoms with E-state index in [-0.39, 0.29) is 0 Å². The lowest BCUT2D eigenvalue weighted by molar-refractivity contribution is 0.150.